The molecule has 1 atom stereocenters. The first kappa shape index (κ1) is 21.1. The van der Waals surface area contributed by atoms with Crippen LogP contribution in [0, 0.1) is 17.2 Å². The minimum Gasteiger partial charge on any atom is -0.495 e. The Balaban J connectivity index is 2.22. The highest BCUT2D eigenvalue weighted by Crippen LogP contribution is 2.38. The van der Waals surface area contributed by atoms with E-state index in [1.807, 2.05) is 13.8 Å². The van der Waals surface area contributed by atoms with E-state index in [9.17, 15) is 14.9 Å². The fraction of sp³-hybridized carbons (Fsp3) is 0.421. The molecule has 0 aromatic heterocycles. The van der Waals surface area contributed by atoms with Crippen molar-refractivity contribution >= 4 is 35.2 Å². The number of nitrogens with one attached hydrogen (secondary N) is 2. The number of carbonyl (C=O) groups is 2. The van der Waals surface area contributed by atoms with E-state index in [2.05, 4.69) is 16.7 Å². The maximum absolute atomic E-state index is 12.2. The first-order chi connectivity index (χ1) is 12.8. The first-order valence-corrected chi connectivity index (χ1v) is 9.89. The standard InChI is InChI=1S/C19H22ClN3O3S/c1-11(2)9-22-18(25)10-27-19-14(8-21)13(7-17(24)23-19)12-4-5-16(26-3)15(20)6-12/h4-6,11,13H,7,9-10H2,1-3H3,(H,22,25)(H,23,24)/t13-/m1/s1. The van der Waals surface area contributed by atoms with Gasteiger partial charge in [-0.05, 0) is 23.6 Å². The Kier molecular flexibility index (Phi) is 7.57. The van der Waals surface area contributed by atoms with Gasteiger partial charge in [0.2, 0.25) is 11.8 Å². The van der Waals surface area contributed by atoms with Crippen LogP contribution in [0.5, 0.6) is 5.75 Å². The molecule has 1 heterocycles. The van der Waals surface area contributed by atoms with Gasteiger partial charge in [-0.25, -0.2) is 0 Å². The van der Waals surface area contributed by atoms with Gasteiger partial charge in [-0.3, -0.25) is 9.59 Å². The highest BCUT2D eigenvalue weighted by molar-refractivity contribution is 8.03. The van der Waals surface area contributed by atoms with Gasteiger partial charge in [0, 0.05) is 18.9 Å². The van der Waals surface area contributed by atoms with Gasteiger partial charge in [0.1, 0.15) is 5.75 Å². The van der Waals surface area contributed by atoms with Gasteiger partial charge in [0.25, 0.3) is 0 Å². The third-order valence-corrected chi connectivity index (χ3v) is 5.30. The van der Waals surface area contributed by atoms with Crippen LogP contribution in [-0.2, 0) is 9.59 Å². The Labute approximate surface area is 168 Å². The second-order valence-electron chi connectivity index (χ2n) is 6.54. The van der Waals surface area contributed by atoms with Crippen molar-refractivity contribution < 1.29 is 14.3 Å². The second-order valence-corrected chi connectivity index (χ2v) is 7.93. The molecule has 0 saturated heterocycles. The number of amides is 2. The first-order valence-electron chi connectivity index (χ1n) is 8.52. The van der Waals surface area contributed by atoms with Gasteiger partial charge in [-0.2, -0.15) is 5.26 Å². The number of benzene rings is 1. The third kappa shape index (κ3) is 5.65. The fourth-order valence-electron chi connectivity index (χ4n) is 2.62. The van der Waals surface area contributed by atoms with Crippen LogP contribution in [0.25, 0.3) is 0 Å². The molecule has 0 spiro atoms. The van der Waals surface area contributed by atoms with E-state index in [4.69, 9.17) is 16.3 Å². The lowest BCUT2D eigenvalue weighted by Gasteiger charge is -2.25. The zero-order valence-electron chi connectivity index (χ0n) is 15.5. The van der Waals surface area contributed by atoms with Gasteiger partial charge < -0.3 is 15.4 Å². The minimum absolute atomic E-state index is 0.129. The second kappa shape index (κ2) is 9.67. The zero-order valence-corrected chi connectivity index (χ0v) is 17.0. The molecular formula is C19H22ClN3O3S. The number of ether oxygens (including phenoxy) is 1. The van der Waals surface area contributed by atoms with Gasteiger partial charge in [-0.1, -0.05) is 43.3 Å². The lowest BCUT2D eigenvalue weighted by molar-refractivity contribution is -0.121. The predicted octanol–water partition coefficient (Wildman–Crippen LogP) is 3.19. The number of thioether (sulfide) groups is 1. The molecule has 0 aliphatic carbocycles. The summed E-state index contributed by atoms with van der Waals surface area (Å²) in [6.45, 7) is 4.61. The average molecular weight is 408 g/mol. The maximum atomic E-state index is 12.2. The fourth-order valence-corrected chi connectivity index (χ4v) is 3.80. The minimum atomic E-state index is -0.409. The lowest BCUT2D eigenvalue weighted by atomic mass is 9.87. The summed E-state index contributed by atoms with van der Waals surface area (Å²) in [6.07, 6.45) is 0.148. The summed E-state index contributed by atoms with van der Waals surface area (Å²) in [5.74, 6) is 0.265. The van der Waals surface area contributed by atoms with Crippen molar-refractivity contribution in [3.05, 3.63) is 39.4 Å². The molecule has 0 bridgehead atoms. The molecule has 144 valence electrons. The predicted molar refractivity (Wildman–Crippen MR) is 106 cm³/mol. The lowest BCUT2D eigenvalue weighted by Crippen LogP contribution is -2.33. The molecule has 8 heteroatoms. The van der Waals surface area contributed by atoms with Crippen molar-refractivity contribution in [2.45, 2.75) is 26.2 Å². The highest BCUT2D eigenvalue weighted by atomic mass is 35.5. The molecule has 27 heavy (non-hydrogen) atoms. The van der Waals surface area contributed by atoms with Crippen molar-refractivity contribution in [1.29, 1.82) is 5.26 Å². The Morgan fingerprint density at radius 2 is 2.26 bits per heavy atom. The highest BCUT2D eigenvalue weighted by Gasteiger charge is 2.30. The Morgan fingerprint density at radius 3 is 2.85 bits per heavy atom. The van der Waals surface area contributed by atoms with E-state index in [0.29, 0.717) is 33.8 Å². The third-order valence-electron chi connectivity index (χ3n) is 3.99. The van der Waals surface area contributed by atoms with Crippen molar-refractivity contribution in [3.63, 3.8) is 0 Å². The number of methoxy groups -OCH3 is 1. The van der Waals surface area contributed by atoms with Crippen LogP contribution in [0.4, 0.5) is 0 Å². The van der Waals surface area contributed by atoms with Gasteiger partial charge in [-0.15, -0.1) is 0 Å². The molecule has 2 rings (SSSR count). The normalized spacial score (nSPS) is 16.7. The van der Waals surface area contributed by atoms with Gasteiger partial charge >= 0.3 is 0 Å². The molecule has 2 N–H and O–H groups in total. The topological polar surface area (TPSA) is 91.2 Å². The average Bonchev–Trinajstić information content (AvgIpc) is 2.64. The van der Waals surface area contributed by atoms with Crippen molar-refractivity contribution in [2.24, 2.45) is 5.92 Å². The van der Waals surface area contributed by atoms with Crippen molar-refractivity contribution in [2.75, 3.05) is 19.4 Å². The molecule has 0 radical (unpaired) electrons. The number of hydrogen-bond donors (Lipinski definition) is 2. The summed E-state index contributed by atoms with van der Waals surface area (Å²) < 4.78 is 5.15. The number of carbonyl (C=O) groups excluding carboxylic acids is 2. The molecule has 1 aromatic carbocycles. The van der Waals surface area contributed by atoms with Crippen LogP contribution >= 0.6 is 23.4 Å². The molecule has 6 nitrogen and oxygen atoms in total. The summed E-state index contributed by atoms with van der Waals surface area (Å²) in [5, 5.41) is 16.0. The van der Waals surface area contributed by atoms with Crippen LogP contribution in [0.1, 0.15) is 31.7 Å². The summed E-state index contributed by atoms with van der Waals surface area (Å²) in [5.41, 5.74) is 1.19. The van der Waals surface area contributed by atoms with E-state index in [0.717, 1.165) is 17.3 Å². The SMILES string of the molecule is COc1ccc([C@H]2CC(=O)NC(SCC(=O)NCC(C)C)=C2C#N)cc1Cl. The number of nitrogens with zero attached hydrogens (tertiary/aromatic N) is 1. The van der Waals surface area contributed by atoms with Crippen LogP contribution in [-0.4, -0.2) is 31.2 Å². The largest absolute Gasteiger partial charge is 0.495 e. The molecule has 2 amide bonds. The zero-order chi connectivity index (χ0) is 20.0. The molecule has 0 unspecified atom stereocenters. The van der Waals surface area contributed by atoms with E-state index >= 15 is 0 Å². The van der Waals surface area contributed by atoms with Crippen LogP contribution in [0.15, 0.2) is 28.8 Å². The van der Waals surface area contributed by atoms with Gasteiger partial charge in [0.15, 0.2) is 0 Å². The van der Waals surface area contributed by atoms with Crippen LogP contribution in [0.3, 0.4) is 0 Å². The molecule has 0 fully saturated rings. The smallest absolute Gasteiger partial charge is 0.230 e. The van der Waals surface area contributed by atoms with Crippen molar-refractivity contribution in [1.82, 2.24) is 10.6 Å². The van der Waals surface area contributed by atoms with E-state index in [-0.39, 0.29) is 24.0 Å². The number of halogens is 1. The van der Waals surface area contributed by atoms with E-state index in [1.54, 1.807) is 18.2 Å². The Bertz CT molecular complexity index is 802. The molecule has 1 aromatic rings. The monoisotopic (exact) mass is 407 g/mol. The van der Waals surface area contributed by atoms with Gasteiger partial charge in [0.05, 0.1) is 34.6 Å². The summed E-state index contributed by atoms with van der Waals surface area (Å²) in [7, 11) is 1.52. The number of nitriles is 1. The number of hydrogen-bond acceptors (Lipinski definition) is 5. The molecular weight excluding hydrogens is 386 g/mol. The maximum Gasteiger partial charge on any atom is 0.230 e. The number of allylic oxidation sites excluding steroid dienone is 1. The quantitative estimate of drug-likeness (QED) is 0.724. The number of rotatable bonds is 7. The molecule has 0 saturated carbocycles. The van der Waals surface area contributed by atoms with Crippen molar-refractivity contribution in [3.8, 4) is 11.8 Å². The van der Waals surface area contributed by atoms with E-state index in [1.165, 1.54) is 7.11 Å². The van der Waals surface area contributed by atoms with Crippen LogP contribution in [0.2, 0.25) is 5.02 Å². The van der Waals surface area contributed by atoms with E-state index < -0.39 is 5.92 Å². The van der Waals surface area contributed by atoms with Crippen LogP contribution < -0.4 is 15.4 Å². The summed E-state index contributed by atoms with van der Waals surface area (Å²) in [6, 6.07) is 7.40. The Hall–Kier alpha value is -2.17. The molecule has 1 aliphatic rings. The molecule has 1 aliphatic heterocycles. The summed E-state index contributed by atoms with van der Waals surface area (Å²) in [4.78, 5) is 24.1. The summed E-state index contributed by atoms with van der Waals surface area (Å²) >= 11 is 7.35. The Morgan fingerprint density at radius 1 is 1.52 bits per heavy atom.